The van der Waals surface area contributed by atoms with E-state index in [9.17, 15) is 0 Å². The topological polar surface area (TPSA) is 53.6 Å². The molecule has 0 bridgehead atoms. The van der Waals surface area contributed by atoms with Crippen molar-refractivity contribution in [3.05, 3.63) is 52.7 Å². The van der Waals surface area contributed by atoms with E-state index in [0.717, 1.165) is 12.2 Å². The van der Waals surface area contributed by atoms with Crippen LogP contribution in [0.4, 0.5) is 5.69 Å². The van der Waals surface area contributed by atoms with Crippen molar-refractivity contribution in [3.63, 3.8) is 0 Å². The van der Waals surface area contributed by atoms with Gasteiger partial charge in [-0.2, -0.15) is 0 Å². The number of aliphatic imine (C=N–C) groups is 1. The Kier molecular flexibility index (Phi) is 4.33. The molecule has 0 amide bonds. The fourth-order valence-electron chi connectivity index (χ4n) is 1.56. The summed E-state index contributed by atoms with van der Waals surface area (Å²) in [6.07, 6.45) is 0. The van der Waals surface area contributed by atoms with Crippen LogP contribution < -0.4 is 11.3 Å². The lowest BCUT2D eigenvalue weighted by molar-refractivity contribution is 0.485. The van der Waals surface area contributed by atoms with E-state index in [2.05, 4.69) is 21.9 Å². The van der Waals surface area contributed by atoms with Crippen LogP contribution in [-0.4, -0.2) is 17.9 Å². The van der Waals surface area contributed by atoms with Crippen LogP contribution in [0.5, 0.6) is 0 Å². The monoisotopic (exact) mass is 260 g/mol. The molecular weight excluding hydrogens is 244 g/mol. The van der Waals surface area contributed by atoms with Crippen LogP contribution in [0.3, 0.4) is 0 Å². The van der Waals surface area contributed by atoms with E-state index in [1.807, 2.05) is 48.3 Å². The lowest BCUT2D eigenvalue weighted by Crippen LogP contribution is -2.42. The average Bonchev–Trinajstić information content (AvgIpc) is 2.90. The second-order valence-corrected chi connectivity index (χ2v) is 4.88. The zero-order valence-corrected chi connectivity index (χ0v) is 11.0. The average molecular weight is 260 g/mol. The third-order valence-corrected chi connectivity index (χ3v) is 3.32. The highest BCUT2D eigenvalue weighted by Gasteiger charge is 2.06. The van der Waals surface area contributed by atoms with E-state index in [1.54, 1.807) is 11.3 Å². The molecule has 0 saturated heterocycles. The highest BCUT2D eigenvalue weighted by molar-refractivity contribution is 7.09. The van der Waals surface area contributed by atoms with E-state index in [4.69, 9.17) is 5.84 Å². The Balaban J connectivity index is 2.10. The molecule has 0 radical (unpaired) electrons. The number of hydrogen-bond acceptors (Lipinski definition) is 3. The zero-order valence-electron chi connectivity index (χ0n) is 10.2. The second-order valence-electron chi connectivity index (χ2n) is 3.85. The number of nitrogens with one attached hydrogen (secondary N) is 1. The van der Waals surface area contributed by atoms with Crippen molar-refractivity contribution in [3.8, 4) is 0 Å². The minimum atomic E-state index is 0.648. The van der Waals surface area contributed by atoms with Gasteiger partial charge < -0.3 is 4.90 Å². The smallest absolute Gasteiger partial charge is 0.213 e. The van der Waals surface area contributed by atoms with Crippen LogP contribution in [0.1, 0.15) is 4.88 Å². The van der Waals surface area contributed by atoms with Crippen molar-refractivity contribution in [1.29, 1.82) is 0 Å². The van der Waals surface area contributed by atoms with Crippen LogP contribution >= 0.6 is 11.3 Å². The van der Waals surface area contributed by atoms with Gasteiger partial charge in [-0.1, -0.05) is 24.3 Å². The molecule has 94 valence electrons. The summed E-state index contributed by atoms with van der Waals surface area (Å²) in [5.74, 6) is 6.18. The summed E-state index contributed by atoms with van der Waals surface area (Å²) in [5, 5.41) is 2.06. The summed E-state index contributed by atoms with van der Waals surface area (Å²) in [6.45, 7) is 0.785. The number of nitrogens with zero attached hydrogens (tertiary/aromatic N) is 2. The first kappa shape index (κ1) is 12.6. The number of rotatable bonds is 3. The van der Waals surface area contributed by atoms with Gasteiger partial charge in [-0.05, 0) is 23.6 Å². The zero-order chi connectivity index (χ0) is 12.8. The first-order valence-electron chi connectivity index (χ1n) is 5.63. The van der Waals surface area contributed by atoms with Crippen LogP contribution in [0, 0.1) is 0 Å². The number of benzene rings is 1. The van der Waals surface area contributed by atoms with Crippen molar-refractivity contribution in [2.45, 2.75) is 6.54 Å². The van der Waals surface area contributed by atoms with E-state index < -0.39 is 0 Å². The summed E-state index contributed by atoms with van der Waals surface area (Å²) in [4.78, 5) is 7.73. The molecule has 4 nitrogen and oxygen atoms in total. The van der Waals surface area contributed by atoms with Gasteiger partial charge in [-0.25, -0.2) is 10.8 Å². The molecule has 1 aromatic carbocycles. The third kappa shape index (κ3) is 3.32. The van der Waals surface area contributed by atoms with Crippen molar-refractivity contribution < 1.29 is 0 Å². The van der Waals surface area contributed by atoms with Crippen LogP contribution in [0.25, 0.3) is 0 Å². The Bertz CT molecular complexity index is 493. The lowest BCUT2D eigenvalue weighted by Gasteiger charge is -2.19. The summed E-state index contributed by atoms with van der Waals surface area (Å²) in [6, 6.07) is 13.9. The minimum absolute atomic E-state index is 0.648. The first-order valence-corrected chi connectivity index (χ1v) is 6.51. The largest absolute Gasteiger partial charge is 0.340 e. The van der Waals surface area contributed by atoms with Crippen LogP contribution in [0.15, 0.2) is 52.8 Å². The molecule has 1 heterocycles. The number of nitrogens with two attached hydrogens (primary N) is 1. The number of thiophene rings is 1. The molecule has 0 spiro atoms. The predicted molar refractivity (Wildman–Crippen MR) is 76.6 cm³/mol. The highest BCUT2D eigenvalue weighted by Crippen LogP contribution is 2.13. The fraction of sp³-hybridized carbons (Fsp3) is 0.154. The maximum Gasteiger partial charge on any atom is 0.213 e. The van der Waals surface area contributed by atoms with Gasteiger partial charge in [0.05, 0.1) is 12.2 Å². The maximum atomic E-state index is 5.53. The van der Waals surface area contributed by atoms with Gasteiger partial charge in [0.25, 0.3) is 0 Å². The summed E-state index contributed by atoms with van der Waals surface area (Å²) in [7, 11) is 1.96. The highest BCUT2D eigenvalue weighted by atomic mass is 32.1. The molecule has 2 aromatic rings. The Morgan fingerprint density at radius 1 is 1.28 bits per heavy atom. The molecule has 18 heavy (non-hydrogen) atoms. The standard InChI is InChI=1S/C13H16N4S/c1-17(10-12-8-5-9-18-12)13(16-14)15-11-6-3-2-4-7-11/h2-9H,10,14H2,1H3,(H,15,16). The lowest BCUT2D eigenvalue weighted by atomic mass is 10.3. The van der Waals surface area contributed by atoms with Crippen LogP contribution in [-0.2, 0) is 6.54 Å². The Morgan fingerprint density at radius 3 is 2.67 bits per heavy atom. The summed E-state index contributed by atoms with van der Waals surface area (Å²) >= 11 is 1.72. The van der Waals surface area contributed by atoms with Crippen molar-refractivity contribution >= 4 is 23.0 Å². The maximum absolute atomic E-state index is 5.53. The molecule has 3 N–H and O–H groups in total. The fourth-order valence-corrected chi connectivity index (χ4v) is 2.32. The van der Waals surface area contributed by atoms with Gasteiger partial charge in [0, 0.05) is 11.9 Å². The minimum Gasteiger partial charge on any atom is -0.340 e. The van der Waals surface area contributed by atoms with E-state index in [1.165, 1.54) is 4.88 Å². The molecular formula is C13H16N4S. The van der Waals surface area contributed by atoms with Gasteiger partial charge >= 0.3 is 0 Å². The molecule has 2 rings (SSSR count). The van der Waals surface area contributed by atoms with Crippen molar-refractivity contribution in [1.82, 2.24) is 10.3 Å². The molecule has 0 atom stereocenters. The van der Waals surface area contributed by atoms with Gasteiger partial charge in [-0.3, -0.25) is 5.43 Å². The SMILES string of the molecule is CN(Cc1cccs1)C(=Nc1ccccc1)NN. The molecule has 0 unspecified atom stereocenters. The molecule has 0 aliphatic carbocycles. The summed E-state index contributed by atoms with van der Waals surface area (Å²) < 4.78 is 0. The number of hydrogen-bond donors (Lipinski definition) is 2. The molecule has 1 aromatic heterocycles. The number of hydrazine groups is 1. The van der Waals surface area contributed by atoms with E-state index in [0.29, 0.717) is 5.96 Å². The third-order valence-electron chi connectivity index (χ3n) is 2.45. The Morgan fingerprint density at radius 2 is 2.06 bits per heavy atom. The molecule has 0 fully saturated rings. The normalized spacial score (nSPS) is 11.3. The second kappa shape index (κ2) is 6.18. The molecule has 0 aliphatic heterocycles. The Labute approximate surface area is 111 Å². The van der Waals surface area contributed by atoms with Crippen molar-refractivity contribution in [2.24, 2.45) is 10.8 Å². The van der Waals surface area contributed by atoms with Gasteiger partial charge in [0.2, 0.25) is 5.96 Å². The molecule has 0 saturated carbocycles. The van der Waals surface area contributed by atoms with Gasteiger partial charge in [0.15, 0.2) is 0 Å². The van der Waals surface area contributed by atoms with Gasteiger partial charge in [0.1, 0.15) is 0 Å². The van der Waals surface area contributed by atoms with E-state index in [-0.39, 0.29) is 0 Å². The summed E-state index contributed by atoms with van der Waals surface area (Å²) in [5.41, 5.74) is 3.52. The van der Waals surface area contributed by atoms with Gasteiger partial charge in [-0.15, -0.1) is 11.3 Å². The van der Waals surface area contributed by atoms with Crippen LogP contribution in [0.2, 0.25) is 0 Å². The molecule has 0 aliphatic rings. The quantitative estimate of drug-likeness (QED) is 0.385. The van der Waals surface area contributed by atoms with E-state index >= 15 is 0 Å². The number of para-hydroxylation sites is 1. The first-order chi connectivity index (χ1) is 8.79. The Hall–Kier alpha value is -1.85. The van der Waals surface area contributed by atoms with Crippen molar-refractivity contribution in [2.75, 3.05) is 7.05 Å². The predicted octanol–water partition coefficient (Wildman–Crippen LogP) is 2.33. The number of guanidine groups is 1. The molecule has 5 heteroatoms.